The summed E-state index contributed by atoms with van der Waals surface area (Å²) >= 11 is 0. The molecular formula is C18H16N2O3. The molecule has 2 aromatic carbocycles. The van der Waals surface area contributed by atoms with Gasteiger partial charge in [-0.1, -0.05) is 48.5 Å². The van der Waals surface area contributed by atoms with Gasteiger partial charge < -0.3 is 15.5 Å². The minimum absolute atomic E-state index is 0.188. The summed E-state index contributed by atoms with van der Waals surface area (Å²) in [5.41, 5.74) is 7.41. The molecule has 0 aliphatic rings. The Labute approximate surface area is 133 Å². The van der Waals surface area contributed by atoms with Crippen LogP contribution < -0.4 is 11.1 Å². The van der Waals surface area contributed by atoms with Crippen molar-refractivity contribution in [2.45, 2.75) is 13.0 Å². The molecule has 0 unspecified atom stereocenters. The first-order valence-corrected chi connectivity index (χ1v) is 7.21. The van der Waals surface area contributed by atoms with Crippen LogP contribution in [0.5, 0.6) is 0 Å². The molecule has 0 aliphatic heterocycles. The van der Waals surface area contributed by atoms with Crippen molar-refractivity contribution in [1.29, 1.82) is 0 Å². The molecule has 3 aromatic rings. The number of primary amides is 1. The van der Waals surface area contributed by atoms with Crippen LogP contribution in [0.4, 0.5) is 0 Å². The van der Waals surface area contributed by atoms with Gasteiger partial charge in [-0.3, -0.25) is 9.59 Å². The lowest BCUT2D eigenvalue weighted by atomic mass is 10.1. The number of hydrogen-bond acceptors (Lipinski definition) is 3. The van der Waals surface area contributed by atoms with Crippen LogP contribution in [0.25, 0.3) is 11.0 Å². The lowest BCUT2D eigenvalue weighted by Crippen LogP contribution is -2.37. The van der Waals surface area contributed by atoms with Gasteiger partial charge >= 0.3 is 0 Å². The van der Waals surface area contributed by atoms with Gasteiger partial charge in [-0.15, -0.1) is 0 Å². The van der Waals surface area contributed by atoms with Crippen molar-refractivity contribution in [3.8, 4) is 0 Å². The zero-order chi connectivity index (χ0) is 16.4. The molecule has 0 saturated carbocycles. The van der Waals surface area contributed by atoms with Crippen LogP contribution in [0, 0.1) is 6.92 Å². The Morgan fingerprint density at radius 2 is 1.70 bits per heavy atom. The fourth-order valence-corrected chi connectivity index (χ4v) is 2.55. The summed E-state index contributed by atoms with van der Waals surface area (Å²) in [6, 6.07) is 15.3. The van der Waals surface area contributed by atoms with Gasteiger partial charge in [0.05, 0.1) is 0 Å². The predicted molar refractivity (Wildman–Crippen MR) is 86.8 cm³/mol. The first-order chi connectivity index (χ1) is 11.1. The van der Waals surface area contributed by atoms with Gasteiger partial charge in [0.1, 0.15) is 11.6 Å². The molecule has 1 aromatic heterocycles. The predicted octanol–water partition coefficient (Wildman–Crippen LogP) is 2.70. The van der Waals surface area contributed by atoms with E-state index in [9.17, 15) is 9.59 Å². The molecule has 0 radical (unpaired) electrons. The van der Waals surface area contributed by atoms with E-state index in [1.165, 1.54) is 0 Å². The zero-order valence-electron chi connectivity index (χ0n) is 12.6. The highest BCUT2D eigenvalue weighted by Crippen LogP contribution is 2.25. The number of hydrogen-bond donors (Lipinski definition) is 2. The average Bonchev–Trinajstić information content (AvgIpc) is 2.90. The highest BCUT2D eigenvalue weighted by atomic mass is 16.3. The standard InChI is InChI=1S/C18H16N2O3/c1-11-13-9-5-6-10-14(13)23-16(11)18(22)20-15(17(19)21)12-7-3-2-4-8-12/h2-10,15H,1H3,(H2,19,21)(H,20,22)/t15-/m1/s1. The van der Waals surface area contributed by atoms with Crippen molar-refractivity contribution >= 4 is 22.8 Å². The number of rotatable bonds is 4. The van der Waals surface area contributed by atoms with Crippen LogP contribution in [0.1, 0.15) is 27.7 Å². The molecular weight excluding hydrogens is 292 g/mol. The van der Waals surface area contributed by atoms with Crippen LogP contribution >= 0.6 is 0 Å². The number of benzene rings is 2. The molecule has 5 heteroatoms. The molecule has 23 heavy (non-hydrogen) atoms. The minimum atomic E-state index is -0.906. The van der Waals surface area contributed by atoms with E-state index in [1.54, 1.807) is 30.3 Å². The van der Waals surface area contributed by atoms with Crippen LogP contribution in [0.15, 0.2) is 59.0 Å². The number of carbonyl (C=O) groups excluding carboxylic acids is 2. The van der Waals surface area contributed by atoms with E-state index in [2.05, 4.69) is 5.32 Å². The SMILES string of the molecule is Cc1c(C(=O)N[C@@H](C(N)=O)c2ccccc2)oc2ccccc12. The third-order valence-electron chi connectivity index (χ3n) is 3.74. The summed E-state index contributed by atoms with van der Waals surface area (Å²) in [5, 5.41) is 3.51. The molecule has 0 saturated heterocycles. The van der Waals surface area contributed by atoms with Crippen molar-refractivity contribution in [3.05, 3.63) is 71.5 Å². The van der Waals surface area contributed by atoms with E-state index in [1.807, 2.05) is 31.2 Å². The molecule has 0 fully saturated rings. The van der Waals surface area contributed by atoms with Gasteiger partial charge in [-0.05, 0) is 18.6 Å². The van der Waals surface area contributed by atoms with Gasteiger partial charge in [0.2, 0.25) is 5.91 Å². The monoisotopic (exact) mass is 308 g/mol. The molecule has 0 spiro atoms. The summed E-state index contributed by atoms with van der Waals surface area (Å²) in [6.45, 7) is 1.81. The quantitative estimate of drug-likeness (QED) is 0.777. The molecule has 1 atom stereocenters. The number of aryl methyl sites for hydroxylation is 1. The smallest absolute Gasteiger partial charge is 0.288 e. The van der Waals surface area contributed by atoms with Gasteiger partial charge in [-0.2, -0.15) is 0 Å². The number of fused-ring (bicyclic) bond motifs is 1. The molecule has 3 N–H and O–H groups in total. The Morgan fingerprint density at radius 1 is 1.04 bits per heavy atom. The van der Waals surface area contributed by atoms with E-state index in [0.717, 1.165) is 10.9 Å². The second kappa shape index (κ2) is 5.96. The number of nitrogens with two attached hydrogens (primary N) is 1. The summed E-state index contributed by atoms with van der Waals surface area (Å²) < 4.78 is 5.61. The largest absolute Gasteiger partial charge is 0.451 e. The van der Waals surface area contributed by atoms with Crippen molar-refractivity contribution in [2.24, 2.45) is 5.73 Å². The number of carbonyl (C=O) groups is 2. The Hall–Kier alpha value is -3.08. The van der Waals surface area contributed by atoms with E-state index in [-0.39, 0.29) is 5.76 Å². The van der Waals surface area contributed by atoms with Gasteiger partial charge in [-0.25, -0.2) is 0 Å². The Morgan fingerprint density at radius 3 is 2.35 bits per heavy atom. The topological polar surface area (TPSA) is 85.3 Å². The fraction of sp³-hybridized carbons (Fsp3) is 0.111. The normalized spacial score (nSPS) is 12.0. The summed E-state index contributed by atoms with van der Waals surface area (Å²) in [5.74, 6) is -0.905. The number of furan rings is 1. The second-order valence-electron chi connectivity index (χ2n) is 5.27. The van der Waals surface area contributed by atoms with E-state index < -0.39 is 17.9 Å². The average molecular weight is 308 g/mol. The first-order valence-electron chi connectivity index (χ1n) is 7.21. The van der Waals surface area contributed by atoms with Crippen LogP contribution in [0.2, 0.25) is 0 Å². The number of para-hydroxylation sites is 1. The van der Waals surface area contributed by atoms with Gasteiger partial charge in [0, 0.05) is 10.9 Å². The molecule has 116 valence electrons. The van der Waals surface area contributed by atoms with Gasteiger partial charge in [0.25, 0.3) is 5.91 Å². The lowest BCUT2D eigenvalue weighted by molar-refractivity contribution is -0.120. The molecule has 3 rings (SSSR count). The summed E-state index contributed by atoms with van der Waals surface area (Å²) in [7, 11) is 0. The molecule has 2 amide bonds. The van der Waals surface area contributed by atoms with Crippen molar-refractivity contribution < 1.29 is 14.0 Å². The van der Waals surface area contributed by atoms with Crippen molar-refractivity contribution in [1.82, 2.24) is 5.32 Å². The maximum absolute atomic E-state index is 12.5. The van der Waals surface area contributed by atoms with Crippen LogP contribution in [-0.4, -0.2) is 11.8 Å². The first kappa shape index (κ1) is 14.8. The molecule has 0 aliphatic carbocycles. The number of amides is 2. The Balaban J connectivity index is 1.92. The van der Waals surface area contributed by atoms with Gasteiger partial charge in [0.15, 0.2) is 5.76 Å². The number of nitrogens with one attached hydrogen (secondary N) is 1. The van der Waals surface area contributed by atoms with Crippen molar-refractivity contribution in [3.63, 3.8) is 0 Å². The van der Waals surface area contributed by atoms with E-state index in [0.29, 0.717) is 11.1 Å². The molecule has 0 bridgehead atoms. The fourth-order valence-electron chi connectivity index (χ4n) is 2.55. The minimum Gasteiger partial charge on any atom is -0.451 e. The van der Waals surface area contributed by atoms with E-state index in [4.69, 9.17) is 10.2 Å². The zero-order valence-corrected chi connectivity index (χ0v) is 12.6. The second-order valence-corrected chi connectivity index (χ2v) is 5.27. The Kier molecular flexibility index (Phi) is 3.85. The lowest BCUT2D eigenvalue weighted by Gasteiger charge is -2.15. The third kappa shape index (κ3) is 2.81. The highest BCUT2D eigenvalue weighted by molar-refractivity contribution is 6.00. The van der Waals surface area contributed by atoms with Crippen LogP contribution in [-0.2, 0) is 4.79 Å². The molecule has 1 heterocycles. The maximum Gasteiger partial charge on any atom is 0.288 e. The van der Waals surface area contributed by atoms with Crippen molar-refractivity contribution in [2.75, 3.05) is 0 Å². The Bertz CT molecular complexity index is 868. The summed E-state index contributed by atoms with van der Waals surface area (Å²) in [4.78, 5) is 24.2. The maximum atomic E-state index is 12.5. The summed E-state index contributed by atoms with van der Waals surface area (Å²) in [6.07, 6.45) is 0. The van der Waals surface area contributed by atoms with E-state index >= 15 is 0 Å². The third-order valence-corrected chi connectivity index (χ3v) is 3.74. The van der Waals surface area contributed by atoms with Crippen LogP contribution in [0.3, 0.4) is 0 Å². The molecule has 5 nitrogen and oxygen atoms in total. The highest BCUT2D eigenvalue weighted by Gasteiger charge is 2.24.